The zero-order valence-electron chi connectivity index (χ0n) is 20.4. The van der Waals surface area contributed by atoms with Crippen molar-refractivity contribution in [3.05, 3.63) is 94.6 Å². The van der Waals surface area contributed by atoms with Crippen LogP contribution in [0.4, 0.5) is 5.69 Å². The molecule has 1 unspecified atom stereocenters. The molecule has 1 amide bonds. The fourth-order valence-corrected chi connectivity index (χ4v) is 4.38. The number of Topliss-reactive ketones (excluding diaryl/α,β-unsaturated/α-hetero) is 1. The molecule has 1 saturated heterocycles. The second kappa shape index (κ2) is 10.1. The van der Waals surface area contributed by atoms with Crippen LogP contribution in [-0.4, -0.2) is 30.0 Å². The predicted molar refractivity (Wildman–Crippen MR) is 136 cm³/mol. The van der Waals surface area contributed by atoms with E-state index in [1.165, 1.54) is 4.90 Å². The van der Waals surface area contributed by atoms with E-state index in [2.05, 4.69) is 0 Å². The van der Waals surface area contributed by atoms with Gasteiger partial charge in [0, 0.05) is 17.3 Å². The average Bonchev–Trinajstić information content (AvgIpc) is 3.11. The van der Waals surface area contributed by atoms with Crippen molar-refractivity contribution in [1.82, 2.24) is 0 Å². The van der Waals surface area contributed by atoms with Crippen LogP contribution in [0.25, 0.3) is 5.76 Å². The molecule has 6 heteroatoms. The van der Waals surface area contributed by atoms with E-state index in [1.54, 1.807) is 30.3 Å². The summed E-state index contributed by atoms with van der Waals surface area (Å²) in [6.07, 6.45) is 0. The van der Waals surface area contributed by atoms with Gasteiger partial charge in [-0.05, 0) is 69.2 Å². The van der Waals surface area contributed by atoms with Crippen LogP contribution in [0.2, 0.25) is 0 Å². The Balaban J connectivity index is 1.96. The van der Waals surface area contributed by atoms with Gasteiger partial charge in [-0.1, -0.05) is 35.9 Å². The Bertz CT molecular complexity index is 1310. The lowest BCUT2D eigenvalue weighted by Crippen LogP contribution is -2.29. The fourth-order valence-electron chi connectivity index (χ4n) is 4.38. The molecule has 1 fully saturated rings. The molecule has 1 atom stereocenters. The number of aliphatic hydroxyl groups excluding tert-OH is 1. The summed E-state index contributed by atoms with van der Waals surface area (Å²) >= 11 is 0. The molecule has 35 heavy (non-hydrogen) atoms. The van der Waals surface area contributed by atoms with Crippen molar-refractivity contribution >= 4 is 23.1 Å². The van der Waals surface area contributed by atoms with Gasteiger partial charge in [-0.25, -0.2) is 0 Å². The maximum Gasteiger partial charge on any atom is 0.300 e. The number of ketones is 1. The first-order valence-electron chi connectivity index (χ1n) is 11.7. The van der Waals surface area contributed by atoms with E-state index >= 15 is 0 Å². The van der Waals surface area contributed by atoms with Crippen LogP contribution >= 0.6 is 0 Å². The summed E-state index contributed by atoms with van der Waals surface area (Å²) < 4.78 is 11.3. The van der Waals surface area contributed by atoms with Gasteiger partial charge in [0.1, 0.15) is 17.3 Å². The van der Waals surface area contributed by atoms with Crippen molar-refractivity contribution in [2.24, 2.45) is 0 Å². The van der Waals surface area contributed by atoms with Crippen molar-refractivity contribution in [2.45, 2.75) is 33.7 Å². The Hall–Kier alpha value is -4.06. The van der Waals surface area contributed by atoms with Crippen molar-refractivity contribution in [2.75, 3.05) is 18.1 Å². The molecule has 0 aliphatic carbocycles. The number of rotatable bonds is 7. The largest absolute Gasteiger partial charge is 0.507 e. The summed E-state index contributed by atoms with van der Waals surface area (Å²) in [5.41, 5.74) is 3.47. The van der Waals surface area contributed by atoms with E-state index in [0.29, 0.717) is 41.5 Å². The highest BCUT2D eigenvalue weighted by Crippen LogP contribution is 2.43. The minimum atomic E-state index is -0.841. The Morgan fingerprint density at radius 2 is 1.54 bits per heavy atom. The minimum absolute atomic E-state index is 0.0409. The highest BCUT2D eigenvalue weighted by atomic mass is 16.5. The van der Waals surface area contributed by atoms with Crippen molar-refractivity contribution < 1.29 is 24.2 Å². The standard InChI is InChI=1S/C29H29NO5/c1-5-34-22-11-7-9-20(16-22)26-25(27(31)24-15-18(3)13-14-19(24)4)28(32)29(33)30(26)21-10-8-12-23(17-21)35-6-2/h7-17,26,31H,5-6H2,1-4H3/b27-25+. The van der Waals surface area contributed by atoms with Gasteiger partial charge >= 0.3 is 0 Å². The summed E-state index contributed by atoms with van der Waals surface area (Å²) in [5, 5.41) is 11.4. The molecule has 1 N–H and O–H groups in total. The molecule has 1 heterocycles. The van der Waals surface area contributed by atoms with Crippen LogP contribution in [0.15, 0.2) is 72.3 Å². The third-order valence-corrected chi connectivity index (χ3v) is 5.98. The van der Waals surface area contributed by atoms with Gasteiger partial charge in [0.05, 0.1) is 24.8 Å². The van der Waals surface area contributed by atoms with E-state index in [1.807, 2.05) is 64.1 Å². The Kier molecular flexibility index (Phi) is 6.92. The molecule has 0 aromatic heterocycles. The quantitative estimate of drug-likeness (QED) is 0.271. The average molecular weight is 472 g/mol. The summed E-state index contributed by atoms with van der Waals surface area (Å²) in [6, 6.07) is 19.1. The molecule has 0 bridgehead atoms. The number of carbonyl (C=O) groups is 2. The monoisotopic (exact) mass is 471 g/mol. The van der Waals surface area contributed by atoms with Gasteiger partial charge in [-0.3, -0.25) is 14.5 Å². The smallest absolute Gasteiger partial charge is 0.300 e. The van der Waals surface area contributed by atoms with Crippen LogP contribution in [0, 0.1) is 13.8 Å². The summed E-state index contributed by atoms with van der Waals surface area (Å²) in [5.74, 6) is -0.442. The number of ether oxygens (including phenoxy) is 2. The first kappa shape index (κ1) is 24.1. The molecule has 3 aromatic rings. The number of amides is 1. The number of aliphatic hydroxyl groups is 1. The number of anilines is 1. The number of hydrogen-bond donors (Lipinski definition) is 1. The van der Waals surface area contributed by atoms with Crippen molar-refractivity contribution in [3.63, 3.8) is 0 Å². The number of aryl methyl sites for hydroxylation is 2. The second-order valence-corrected chi connectivity index (χ2v) is 8.42. The highest BCUT2D eigenvalue weighted by Gasteiger charge is 2.47. The van der Waals surface area contributed by atoms with Gasteiger partial charge in [0.15, 0.2) is 0 Å². The lowest BCUT2D eigenvalue weighted by atomic mass is 9.93. The molecule has 6 nitrogen and oxygen atoms in total. The molecule has 0 radical (unpaired) electrons. The number of nitrogens with zero attached hydrogens (tertiary/aromatic N) is 1. The highest BCUT2D eigenvalue weighted by molar-refractivity contribution is 6.51. The number of benzene rings is 3. The van der Waals surface area contributed by atoms with Gasteiger partial charge in [0.25, 0.3) is 11.7 Å². The zero-order chi connectivity index (χ0) is 25.1. The predicted octanol–water partition coefficient (Wildman–Crippen LogP) is 5.73. The topological polar surface area (TPSA) is 76.1 Å². The van der Waals surface area contributed by atoms with E-state index in [-0.39, 0.29) is 11.3 Å². The van der Waals surface area contributed by atoms with Gasteiger partial charge in [-0.2, -0.15) is 0 Å². The van der Waals surface area contributed by atoms with E-state index in [0.717, 1.165) is 11.1 Å². The maximum absolute atomic E-state index is 13.4. The third kappa shape index (κ3) is 4.64. The van der Waals surface area contributed by atoms with E-state index in [9.17, 15) is 14.7 Å². The summed E-state index contributed by atoms with van der Waals surface area (Å²) in [4.78, 5) is 28.3. The molecule has 0 saturated carbocycles. The van der Waals surface area contributed by atoms with Crippen LogP contribution in [-0.2, 0) is 9.59 Å². The van der Waals surface area contributed by atoms with Crippen molar-refractivity contribution in [1.29, 1.82) is 0 Å². The Labute approximate surface area is 205 Å². The van der Waals surface area contributed by atoms with Crippen LogP contribution in [0.5, 0.6) is 11.5 Å². The van der Waals surface area contributed by atoms with Crippen LogP contribution < -0.4 is 14.4 Å². The molecule has 180 valence electrons. The molecule has 3 aromatic carbocycles. The molecule has 0 spiro atoms. The Morgan fingerprint density at radius 3 is 2.23 bits per heavy atom. The zero-order valence-corrected chi connectivity index (χ0v) is 20.4. The van der Waals surface area contributed by atoms with Crippen LogP contribution in [0.3, 0.4) is 0 Å². The molecule has 1 aliphatic heterocycles. The SMILES string of the molecule is CCOc1cccc(C2/C(=C(\O)c3cc(C)ccc3C)C(=O)C(=O)N2c2cccc(OCC)c2)c1. The van der Waals surface area contributed by atoms with Gasteiger partial charge < -0.3 is 14.6 Å². The van der Waals surface area contributed by atoms with Gasteiger partial charge in [-0.15, -0.1) is 0 Å². The first-order valence-corrected chi connectivity index (χ1v) is 11.7. The Morgan fingerprint density at radius 1 is 0.886 bits per heavy atom. The molecule has 1 aliphatic rings. The third-order valence-electron chi connectivity index (χ3n) is 5.98. The summed E-state index contributed by atoms with van der Waals surface area (Å²) in [6.45, 7) is 8.48. The normalized spacial score (nSPS) is 17.0. The van der Waals surface area contributed by atoms with Crippen LogP contribution in [0.1, 0.15) is 42.1 Å². The van der Waals surface area contributed by atoms with Gasteiger partial charge in [0.2, 0.25) is 0 Å². The fraction of sp³-hybridized carbons (Fsp3) is 0.241. The number of hydrogen-bond acceptors (Lipinski definition) is 5. The van der Waals surface area contributed by atoms with Crippen molar-refractivity contribution in [3.8, 4) is 11.5 Å². The minimum Gasteiger partial charge on any atom is -0.507 e. The lowest BCUT2D eigenvalue weighted by Gasteiger charge is -2.26. The molecular weight excluding hydrogens is 442 g/mol. The maximum atomic E-state index is 13.4. The molecule has 4 rings (SSSR count). The van der Waals surface area contributed by atoms with E-state index < -0.39 is 17.7 Å². The summed E-state index contributed by atoms with van der Waals surface area (Å²) in [7, 11) is 0. The molecular formula is C29H29NO5. The van der Waals surface area contributed by atoms with E-state index in [4.69, 9.17) is 9.47 Å². The lowest BCUT2D eigenvalue weighted by molar-refractivity contribution is -0.132. The first-order chi connectivity index (χ1) is 16.8. The number of carbonyl (C=O) groups excluding carboxylic acids is 2. The second-order valence-electron chi connectivity index (χ2n) is 8.42.